The van der Waals surface area contributed by atoms with Crippen LogP contribution in [0.3, 0.4) is 0 Å². The molecule has 3 aliphatic heterocycles. The second-order valence-electron chi connectivity index (χ2n) is 7.20. The van der Waals surface area contributed by atoms with E-state index in [1.807, 2.05) is 36.4 Å². The quantitative estimate of drug-likeness (QED) is 0.835. The van der Waals surface area contributed by atoms with Crippen LogP contribution < -0.4 is 11.1 Å². The smallest absolute Gasteiger partial charge is 0.251 e. The molecule has 0 aliphatic carbocycles. The van der Waals surface area contributed by atoms with E-state index in [2.05, 4.69) is 10.2 Å². The van der Waals surface area contributed by atoms with Crippen molar-refractivity contribution in [2.75, 3.05) is 19.6 Å². The fraction of sp³-hybridized carbons (Fsp3) is 0.333. The standard InChI is InChI=1S/C21H23N3O2S/c22-20(25)17-3-1-2-4-19(17)27-16-7-5-15(6-8-16)21(26)23-18-13-24-11-9-14(18)10-12-24/h1-8,14,18H,9-13H2,(H2,22,25)(H,23,26)/t18-/m0/s1. The van der Waals surface area contributed by atoms with Crippen molar-refractivity contribution in [3.05, 3.63) is 59.7 Å². The molecule has 0 unspecified atom stereocenters. The molecule has 140 valence electrons. The lowest BCUT2D eigenvalue weighted by Crippen LogP contribution is -2.57. The number of nitrogens with two attached hydrogens (primary N) is 1. The van der Waals surface area contributed by atoms with Gasteiger partial charge in [0.25, 0.3) is 5.91 Å². The van der Waals surface area contributed by atoms with E-state index in [0.717, 1.165) is 29.4 Å². The van der Waals surface area contributed by atoms with Gasteiger partial charge in [0.2, 0.25) is 5.91 Å². The lowest BCUT2D eigenvalue weighted by atomic mass is 9.84. The third-order valence-corrected chi connectivity index (χ3v) is 6.55. The Labute approximate surface area is 163 Å². The molecule has 1 atom stereocenters. The van der Waals surface area contributed by atoms with Gasteiger partial charge in [0, 0.05) is 27.9 Å². The maximum Gasteiger partial charge on any atom is 0.251 e. The molecule has 3 aliphatic rings. The predicted octanol–water partition coefficient (Wildman–Crippen LogP) is 2.76. The van der Waals surface area contributed by atoms with E-state index in [9.17, 15) is 9.59 Å². The van der Waals surface area contributed by atoms with Gasteiger partial charge in [-0.05, 0) is 68.2 Å². The fourth-order valence-corrected chi connectivity index (χ4v) is 4.89. The van der Waals surface area contributed by atoms with Gasteiger partial charge in [0.15, 0.2) is 0 Å². The van der Waals surface area contributed by atoms with Crippen molar-refractivity contribution in [2.24, 2.45) is 11.7 Å². The molecule has 2 amide bonds. The molecule has 5 nitrogen and oxygen atoms in total. The lowest BCUT2D eigenvalue weighted by molar-refractivity contribution is 0.0620. The lowest BCUT2D eigenvalue weighted by Gasteiger charge is -2.44. The summed E-state index contributed by atoms with van der Waals surface area (Å²) in [7, 11) is 0. The molecule has 2 bridgehead atoms. The number of nitrogens with zero attached hydrogens (tertiary/aromatic N) is 1. The highest BCUT2D eigenvalue weighted by Gasteiger charge is 2.34. The number of carbonyl (C=O) groups excluding carboxylic acids is 2. The molecule has 5 rings (SSSR count). The molecule has 2 aromatic rings. The molecule has 27 heavy (non-hydrogen) atoms. The third-order valence-electron chi connectivity index (χ3n) is 5.47. The number of hydrogen-bond acceptors (Lipinski definition) is 4. The summed E-state index contributed by atoms with van der Waals surface area (Å²) in [6.45, 7) is 3.29. The first-order valence-electron chi connectivity index (χ1n) is 9.30. The Morgan fingerprint density at radius 2 is 1.74 bits per heavy atom. The average molecular weight is 382 g/mol. The van der Waals surface area contributed by atoms with Gasteiger partial charge in [-0.1, -0.05) is 23.9 Å². The van der Waals surface area contributed by atoms with E-state index in [1.165, 1.54) is 24.6 Å². The minimum Gasteiger partial charge on any atom is -0.366 e. The Kier molecular flexibility index (Phi) is 5.18. The summed E-state index contributed by atoms with van der Waals surface area (Å²) in [4.78, 5) is 28.4. The van der Waals surface area contributed by atoms with Gasteiger partial charge < -0.3 is 16.0 Å². The van der Waals surface area contributed by atoms with Gasteiger partial charge in [-0.3, -0.25) is 9.59 Å². The summed E-state index contributed by atoms with van der Waals surface area (Å²) < 4.78 is 0. The normalized spacial score (nSPS) is 23.8. The van der Waals surface area contributed by atoms with Gasteiger partial charge in [-0.25, -0.2) is 0 Å². The summed E-state index contributed by atoms with van der Waals surface area (Å²) in [5, 5.41) is 3.21. The van der Waals surface area contributed by atoms with Crippen molar-refractivity contribution in [1.82, 2.24) is 10.2 Å². The van der Waals surface area contributed by atoms with Crippen LogP contribution in [0.2, 0.25) is 0 Å². The summed E-state index contributed by atoms with van der Waals surface area (Å²) in [6.07, 6.45) is 2.36. The van der Waals surface area contributed by atoms with Crippen LogP contribution >= 0.6 is 11.8 Å². The van der Waals surface area contributed by atoms with Crippen LogP contribution in [-0.4, -0.2) is 42.4 Å². The van der Waals surface area contributed by atoms with Crippen LogP contribution in [0.25, 0.3) is 0 Å². The number of fused-ring (bicyclic) bond motifs is 3. The number of benzene rings is 2. The Balaban J connectivity index is 1.42. The highest BCUT2D eigenvalue weighted by atomic mass is 32.2. The Bertz CT molecular complexity index is 845. The van der Waals surface area contributed by atoms with E-state index in [1.54, 1.807) is 12.1 Å². The average Bonchev–Trinajstić information content (AvgIpc) is 2.70. The monoisotopic (exact) mass is 381 g/mol. The predicted molar refractivity (Wildman–Crippen MR) is 106 cm³/mol. The number of hydrogen-bond donors (Lipinski definition) is 2. The number of rotatable bonds is 5. The van der Waals surface area contributed by atoms with Crippen LogP contribution in [0.1, 0.15) is 33.6 Å². The fourth-order valence-electron chi connectivity index (χ4n) is 3.94. The molecule has 0 spiro atoms. The van der Waals surface area contributed by atoms with E-state index >= 15 is 0 Å². The zero-order valence-electron chi connectivity index (χ0n) is 15.1. The summed E-state index contributed by atoms with van der Waals surface area (Å²) in [6, 6.07) is 15.0. The van der Waals surface area contributed by atoms with Crippen molar-refractivity contribution in [3.8, 4) is 0 Å². The molecule has 2 aromatic carbocycles. The van der Waals surface area contributed by atoms with Crippen LogP contribution in [0, 0.1) is 5.92 Å². The largest absolute Gasteiger partial charge is 0.366 e. The zero-order valence-corrected chi connectivity index (χ0v) is 15.9. The van der Waals surface area contributed by atoms with Crippen molar-refractivity contribution in [3.63, 3.8) is 0 Å². The first-order chi connectivity index (χ1) is 13.1. The second-order valence-corrected chi connectivity index (χ2v) is 8.32. The molecular weight excluding hydrogens is 358 g/mol. The molecule has 3 saturated heterocycles. The molecular formula is C21H23N3O2S. The minimum absolute atomic E-state index is 0.0113. The highest BCUT2D eigenvalue weighted by molar-refractivity contribution is 7.99. The number of piperidine rings is 3. The van der Waals surface area contributed by atoms with Crippen LogP contribution in [0.5, 0.6) is 0 Å². The van der Waals surface area contributed by atoms with Crippen molar-refractivity contribution < 1.29 is 9.59 Å². The maximum atomic E-state index is 12.6. The van der Waals surface area contributed by atoms with E-state index in [0.29, 0.717) is 17.0 Å². The molecule has 0 radical (unpaired) electrons. The van der Waals surface area contributed by atoms with E-state index in [-0.39, 0.29) is 11.9 Å². The van der Waals surface area contributed by atoms with Crippen molar-refractivity contribution in [2.45, 2.75) is 28.7 Å². The van der Waals surface area contributed by atoms with Crippen LogP contribution in [0.15, 0.2) is 58.3 Å². The van der Waals surface area contributed by atoms with Gasteiger partial charge >= 0.3 is 0 Å². The van der Waals surface area contributed by atoms with Crippen molar-refractivity contribution in [1.29, 1.82) is 0 Å². The number of nitrogens with one attached hydrogen (secondary N) is 1. The number of primary amides is 1. The van der Waals surface area contributed by atoms with Gasteiger partial charge in [0.1, 0.15) is 0 Å². The summed E-state index contributed by atoms with van der Waals surface area (Å²) in [5.74, 6) is 0.161. The van der Waals surface area contributed by atoms with Crippen LogP contribution in [0.4, 0.5) is 0 Å². The highest BCUT2D eigenvalue weighted by Crippen LogP contribution is 2.31. The molecule has 0 saturated carbocycles. The zero-order chi connectivity index (χ0) is 18.8. The number of amides is 2. The van der Waals surface area contributed by atoms with Gasteiger partial charge in [-0.2, -0.15) is 0 Å². The van der Waals surface area contributed by atoms with Gasteiger partial charge in [0.05, 0.1) is 5.56 Å². The molecule has 0 aromatic heterocycles. The topological polar surface area (TPSA) is 75.4 Å². The first-order valence-corrected chi connectivity index (χ1v) is 10.1. The third kappa shape index (κ3) is 4.01. The molecule has 3 N–H and O–H groups in total. The molecule has 3 heterocycles. The Morgan fingerprint density at radius 3 is 2.37 bits per heavy atom. The maximum absolute atomic E-state index is 12.6. The SMILES string of the molecule is NC(=O)c1ccccc1Sc1ccc(C(=O)N[C@H]2CN3CCC2CC3)cc1. The van der Waals surface area contributed by atoms with E-state index in [4.69, 9.17) is 5.73 Å². The van der Waals surface area contributed by atoms with Crippen LogP contribution in [-0.2, 0) is 0 Å². The second kappa shape index (κ2) is 7.74. The minimum atomic E-state index is -0.438. The van der Waals surface area contributed by atoms with E-state index < -0.39 is 5.91 Å². The number of carbonyl (C=O) groups is 2. The summed E-state index contributed by atoms with van der Waals surface area (Å²) >= 11 is 1.47. The van der Waals surface area contributed by atoms with Crippen molar-refractivity contribution >= 4 is 23.6 Å². The Morgan fingerprint density at radius 1 is 1.04 bits per heavy atom. The summed E-state index contributed by atoms with van der Waals surface area (Å²) in [5.41, 5.74) is 6.61. The van der Waals surface area contributed by atoms with Gasteiger partial charge in [-0.15, -0.1) is 0 Å². The molecule has 3 fully saturated rings. The Hall–Kier alpha value is -2.31. The first kappa shape index (κ1) is 18.1. The molecule has 6 heteroatoms.